The predicted octanol–water partition coefficient (Wildman–Crippen LogP) is 0.437. The van der Waals surface area contributed by atoms with Crippen molar-refractivity contribution in [2.45, 2.75) is 38.6 Å². The first-order chi connectivity index (χ1) is 7.93. The molecular formula is C12H20N2O3. The highest BCUT2D eigenvalue weighted by Crippen LogP contribution is 2.48. The lowest BCUT2D eigenvalue weighted by atomic mass is 9.84. The van der Waals surface area contributed by atoms with Crippen molar-refractivity contribution in [1.82, 2.24) is 4.90 Å². The molecule has 2 fully saturated rings. The maximum Gasteiger partial charge on any atom is 0.306 e. The van der Waals surface area contributed by atoms with E-state index in [1.165, 1.54) is 0 Å². The van der Waals surface area contributed by atoms with Gasteiger partial charge in [0.1, 0.15) is 0 Å². The molecule has 3 N–H and O–H groups in total. The van der Waals surface area contributed by atoms with Crippen molar-refractivity contribution in [1.29, 1.82) is 0 Å². The number of hydrogen-bond donors (Lipinski definition) is 2. The molecule has 1 heterocycles. The molecule has 0 aromatic heterocycles. The molecule has 17 heavy (non-hydrogen) atoms. The topological polar surface area (TPSA) is 83.6 Å². The second-order valence-corrected chi connectivity index (χ2v) is 5.58. The average Bonchev–Trinajstić information content (AvgIpc) is 2.86. The number of carboxylic acids is 1. The monoisotopic (exact) mass is 240 g/mol. The third kappa shape index (κ3) is 2.29. The first kappa shape index (κ1) is 12.4. The molecule has 2 rings (SSSR count). The number of amides is 1. The average molecular weight is 240 g/mol. The summed E-state index contributed by atoms with van der Waals surface area (Å²) in [5.41, 5.74) is 5.64. The van der Waals surface area contributed by atoms with E-state index in [2.05, 4.69) is 0 Å². The van der Waals surface area contributed by atoms with Crippen LogP contribution in [-0.2, 0) is 9.59 Å². The molecule has 1 amide bonds. The molecule has 0 aromatic rings. The van der Waals surface area contributed by atoms with Gasteiger partial charge < -0.3 is 15.7 Å². The van der Waals surface area contributed by atoms with E-state index < -0.39 is 12.0 Å². The van der Waals surface area contributed by atoms with Crippen molar-refractivity contribution in [3.63, 3.8) is 0 Å². The van der Waals surface area contributed by atoms with E-state index in [1.54, 1.807) is 11.8 Å². The zero-order chi connectivity index (χ0) is 12.6. The largest absolute Gasteiger partial charge is 0.481 e. The maximum atomic E-state index is 11.8. The van der Waals surface area contributed by atoms with Crippen LogP contribution in [0.1, 0.15) is 32.6 Å². The van der Waals surface area contributed by atoms with Gasteiger partial charge in [-0.25, -0.2) is 0 Å². The molecule has 1 saturated carbocycles. The summed E-state index contributed by atoms with van der Waals surface area (Å²) in [4.78, 5) is 24.6. The summed E-state index contributed by atoms with van der Waals surface area (Å²) in [6, 6.07) is -0.457. The minimum absolute atomic E-state index is 0.0133. The third-order valence-electron chi connectivity index (χ3n) is 4.19. The lowest BCUT2D eigenvalue weighted by Gasteiger charge is -2.24. The normalized spacial score (nSPS) is 34.2. The first-order valence-corrected chi connectivity index (χ1v) is 6.21. The Balaban J connectivity index is 1.98. The highest BCUT2D eigenvalue weighted by molar-refractivity contribution is 5.81. The number of carbonyl (C=O) groups excluding carboxylic acids is 1. The fourth-order valence-electron chi connectivity index (χ4n) is 3.20. The molecule has 5 heteroatoms. The number of carbonyl (C=O) groups is 2. The van der Waals surface area contributed by atoms with Crippen molar-refractivity contribution in [3.05, 3.63) is 0 Å². The van der Waals surface area contributed by atoms with E-state index in [1.807, 2.05) is 0 Å². The smallest absolute Gasteiger partial charge is 0.306 e. The molecule has 0 aromatic carbocycles. The summed E-state index contributed by atoms with van der Waals surface area (Å²) in [6.07, 6.45) is 3.31. The Bertz CT molecular complexity index is 343. The summed E-state index contributed by atoms with van der Waals surface area (Å²) in [6.45, 7) is 3.12. The van der Waals surface area contributed by atoms with Crippen LogP contribution in [0.2, 0.25) is 0 Å². The molecule has 2 aliphatic rings. The van der Waals surface area contributed by atoms with E-state index in [0.717, 1.165) is 25.8 Å². The van der Waals surface area contributed by atoms with Gasteiger partial charge in [-0.1, -0.05) is 0 Å². The van der Waals surface area contributed by atoms with Gasteiger partial charge in [0.2, 0.25) is 5.91 Å². The molecule has 0 bridgehead atoms. The van der Waals surface area contributed by atoms with Crippen molar-refractivity contribution in [2.24, 2.45) is 17.1 Å². The minimum atomic E-state index is -0.696. The van der Waals surface area contributed by atoms with Crippen LogP contribution in [0, 0.1) is 11.3 Å². The van der Waals surface area contributed by atoms with E-state index in [9.17, 15) is 9.59 Å². The second kappa shape index (κ2) is 4.29. The summed E-state index contributed by atoms with van der Waals surface area (Å²) < 4.78 is 0. The summed E-state index contributed by atoms with van der Waals surface area (Å²) in [7, 11) is 0. The molecule has 1 aliphatic heterocycles. The van der Waals surface area contributed by atoms with Crippen LogP contribution in [-0.4, -0.2) is 41.0 Å². The lowest BCUT2D eigenvalue weighted by molar-refractivity contribution is -0.141. The molecule has 0 radical (unpaired) electrons. The van der Waals surface area contributed by atoms with Crippen LogP contribution < -0.4 is 5.73 Å². The number of rotatable bonds is 2. The zero-order valence-corrected chi connectivity index (χ0v) is 10.2. The quantitative estimate of drug-likeness (QED) is 0.733. The Morgan fingerprint density at radius 2 is 2.18 bits per heavy atom. The fraction of sp³-hybridized carbons (Fsp3) is 0.833. The Hall–Kier alpha value is -1.10. The highest BCUT2D eigenvalue weighted by atomic mass is 16.4. The van der Waals surface area contributed by atoms with Gasteiger partial charge in [0.25, 0.3) is 0 Å². The number of carboxylic acid groups (broad SMARTS) is 1. The van der Waals surface area contributed by atoms with E-state index in [0.29, 0.717) is 13.0 Å². The Kier molecular flexibility index (Phi) is 3.12. The van der Waals surface area contributed by atoms with Gasteiger partial charge in [-0.3, -0.25) is 9.59 Å². The number of likely N-dealkylation sites (tertiary alicyclic amines) is 1. The maximum absolute atomic E-state index is 11.8. The van der Waals surface area contributed by atoms with Crippen LogP contribution >= 0.6 is 0 Å². The minimum Gasteiger partial charge on any atom is -0.481 e. The predicted molar refractivity (Wildman–Crippen MR) is 62.3 cm³/mol. The van der Waals surface area contributed by atoms with Crippen LogP contribution in [0.15, 0.2) is 0 Å². The summed E-state index contributed by atoms with van der Waals surface area (Å²) in [5, 5.41) is 9.02. The lowest BCUT2D eigenvalue weighted by Crippen LogP contribution is -2.41. The second-order valence-electron chi connectivity index (χ2n) is 5.58. The number of nitrogens with zero attached hydrogens (tertiary/aromatic N) is 1. The zero-order valence-electron chi connectivity index (χ0n) is 10.2. The molecule has 1 saturated heterocycles. The Morgan fingerprint density at radius 1 is 1.47 bits per heavy atom. The van der Waals surface area contributed by atoms with Crippen LogP contribution in [0.5, 0.6) is 0 Å². The highest BCUT2D eigenvalue weighted by Gasteiger charge is 2.47. The molecule has 1 aliphatic carbocycles. The molecule has 3 atom stereocenters. The van der Waals surface area contributed by atoms with Gasteiger partial charge in [-0.05, 0) is 38.0 Å². The van der Waals surface area contributed by atoms with Gasteiger partial charge in [0.15, 0.2) is 0 Å². The summed E-state index contributed by atoms with van der Waals surface area (Å²) in [5.74, 6) is -0.931. The standard InChI is InChI=1S/C12H20N2O3/c1-8(13)10(15)14-5-4-12(7-14)3-2-9(6-12)11(16)17/h8-9H,2-7,13H2,1H3,(H,16,17)/t8-,9+,12-/m0/s1. The Morgan fingerprint density at radius 3 is 2.71 bits per heavy atom. The van der Waals surface area contributed by atoms with Crippen molar-refractivity contribution in [3.8, 4) is 0 Å². The SMILES string of the molecule is C[C@H](N)C(=O)N1CC[C@]2(CC[C@@H](C(=O)O)C2)C1. The van der Waals surface area contributed by atoms with E-state index >= 15 is 0 Å². The first-order valence-electron chi connectivity index (χ1n) is 6.21. The number of hydrogen-bond acceptors (Lipinski definition) is 3. The van der Waals surface area contributed by atoms with Gasteiger partial charge in [0, 0.05) is 13.1 Å². The van der Waals surface area contributed by atoms with Gasteiger partial charge in [-0.2, -0.15) is 0 Å². The van der Waals surface area contributed by atoms with Crippen molar-refractivity contribution < 1.29 is 14.7 Å². The van der Waals surface area contributed by atoms with Gasteiger partial charge >= 0.3 is 5.97 Å². The van der Waals surface area contributed by atoms with E-state index in [4.69, 9.17) is 10.8 Å². The summed E-state index contributed by atoms with van der Waals surface area (Å²) >= 11 is 0. The van der Waals surface area contributed by atoms with Crippen LogP contribution in [0.25, 0.3) is 0 Å². The molecule has 0 unspecified atom stereocenters. The number of nitrogens with two attached hydrogens (primary N) is 1. The molecular weight excluding hydrogens is 220 g/mol. The molecule has 5 nitrogen and oxygen atoms in total. The third-order valence-corrected chi connectivity index (χ3v) is 4.19. The molecule has 1 spiro atoms. The molecule has 96 valence electrons. The van der Waals surface area contributed by atoms with Crippen LogP contribution in [0.3, 0.4) is 0 Å². The van der Waals surface area contributed by atoms with Gasteiger partial charge in [-0.15, -0.1) is 0 Å². The fourth-order valence-corrected chi connectivity index (χ4v) is 3.20. The van der Waals surface area contributed by atoms with Crippen LogP contribution in [0.4, 0.5) is 0 Å². The van der Waals surface area contributed by atoms with E-state index in [-0.39, 0.29) is 17.2 Å². The van der Waals surface area contributed by atoms with Crippen molar-refractivity contribution >= 4 is 11.9 Å². The number of aliphatic carboxylic acids is 1. The van der Waals surface area contributed by atoms with Gasteiger partial charge in [0.05, 0.1) is 12.0 Å². The Labute approximate surface area is 101 Å². The van der Waals surface area contributed by atoms with Crippen molar-refractivity contribution in [2.75, 3.05) is 13.1 Å².